The molecule has 4 heteroatoms. The van der Waals surface area contributed by atoms with Crippen LogP contribution in [-0.4, -0.2) is 14.8 Å². The summed E-state index contributed by atoms with van der Waals surface area (Å²) < 4.78 is 1.81. The summed E-state index contributed by atoms with van der Waals surface area (Å²) in [6.07, 6.45) is 9.14. The molecule has 1 aromatic heterocycles. The average molecular weight is 134 g/mol. The summed E-state index contributed by atoms with van der Waals surface area (Å²) in [4.78, 5) is 0. The van der Waals surface area contributed by atoms with Crippen molar-refractivity contribution in [2.24, 2.45) is 0 Å². The lowest BCUT2D eigenvalue weighted by Gasteiger charge is -1.94. The standard InChI is InChI=1S/C6H6N4/c1-2-4-10-5-8-9-6(10)7-3-1/h1-5H,(H,7,9). The van der Waals surface area contributed by atoms with Gasteiger partial charge in [-0.1, -0.05) is 0 Å². The van der Waals surface area contributed by atoms with Crippen LogP contribution < -0.4 is 5.32 Å². The van der Waals surface area contributed by atoms with Crippen molar-refractivity contribution < 1.29 is 0 Å². The van der Waals surface area contributed by atoms with Crippen LogP contribution in [0.5, 0.6) is 0 Å². The number of fused-ring (bicyclic) bond motifs is 1. The Morgan fingerprint density at radius 2 is 2.40 bits per heavy atom. The Bertz CT molecular complexity index is 284. The fourth-order valence-corrected chi connectivity index (χ4v) is 0.776. The van der Waals surface area contributed by atoms with Gasteiger partial charge in [0.15, 0.2) is 0 Å². The lowest BCUT2D eigenvalue weighted by atomic mass is 10.6. The highest BCUT2D eigenvalue weighted by molar-refractivity contribution is 5.44. The van der Waals surface area contributed by atoms with Crippen LogP contribution in [0.25, 0.3) is 6.20 Å². The summed E-state index contributed by atoms with van der Waals surface area (Å²) >= 11 is 0. The van der Waals surface area contributed by atoms with Gasteiger partial charge in [-0.3, -0.25) is 4.57 Å². The minimum atomic E-state index is 0.741. The zero-order valence-electron chi connectivity index (χ0n) is 5.23. The van der Waals surface area contributed by atoms with Gasteiger partial charge >= 0.3 is 0 Å². The largest absolute Gasteiger partial charge is 0.331 e. The molecule has 0 atom stereocenters. The summed E-state index contributed by atoms with van der Waals surface area (Å²) in [5.41, 5.74) is 0. The Hall–Kier alpha value is -1.58. The van der Waals surface area contributed by atoms with Gasteiger partial charge in [0.1, 0.15) is 6.33 Å². The summed E-state index contributed by atoms with van der Waals surface area (Å²) in [6.45, 7) is 0. The van der Waals surface area contributed by atoms with Crippen molar-refractivity contribution in [3.63, 3.8) is 0 Å². The molecular formula is C6H6N4. The van der Waals surface area contributed by atoms with Gasteiger partial charge in [0.05, 0.1) is 0 Å². The molecule has 0 unspecified atom stereocenters. The maximum atomic E-state index is 3.82. The molecule has 2 rings (SSSR count). The first-order chi connectivity index (χ1) is 4.97. The fourth-order valence-electron chi connectivity index (χ4n) is 0.776. The van der Waals surface area contributed by atoms with E-state index in [-0.39, 0.29) is 0 Å². The highest BCUT2D eigenvalue weighted by Gasteiger charge is 1.97. The molecule has 0 spiro atoms. The molecule has 2 heterocycles. The van der Waals surface area contributed by atoms with Gasteiger partial charge in [0, 0.05) is 12.4 Å². The quantitative estimate of drug-likeness (QED) is 0.567. The molecule has 0 amide bonds. The fraction of sp³-hybridized carbons (Fsp3) is 0. The first-order valence-corrected chi connectivity index (χ1v) is 2.96. The minimum absolute atomic E-state index is 0.741. The number of rotatable bonds is 0. The van der Waals surface area contributed by atoms with Crippen molar-refractivity contribution >= 4 is 12.1 Å². The SMILES string of the molecule is C1=CNc2nncn2C=C1. The second-order valence-electron chi connectivity index (χ2n) is 1.91. The van der Waals surface area contributed by atoms with Crippen molar-refractivity contribution in [2.75, 3.05) is 5.32 Å². The van der Waals surface area contributed by atoms with E-state index in [1.807, 2.05) is 24.6 Å². The monoisotopic (exact) mass is 134 g/mol. The van der Waals surface area contributed by atoms with Gasteiger partial charge < -0.3 is 5.32 Å². The third-order valence-electron chi connectivity index (χ3n) is 1.24. The molecule has 1 aromatic rings. The van der Waals surface area contributed by atoms with Crippen LogP contribution in [0, 0.1) is 0 Å². The molecule has 50 valence electrons. The number of allylic oxidation sites excluding steroid dienone is 2. The van der Waals surface area contributed by atoms with Crippen molar-refractivity contribution in [3.8, 4) is 0 Å². The number of aromatic nitrogens is 3. The predicted octanol–water partition coefficient (Wildman–Crippen LogP) is 0.688. The topological polar surface area (TPSA) is 42.7 Å². The lowest BCUT2D eigenvalue weighted by Crippen LogP contribution is -1.93. The van der Waals surface area contributed by atoms with E-state index in [1.54, 1.807) is 10.9 Å². The van der Waals surface area contributed by atoms with Crippen LogP contribution >= 0.6 is 0 Å². The Morgan fingerprint density at radius 3 is 3.40 bits per heavy atom. The van der Waals surface area contributed by atoms with E-state index in [0.29, 0.717) is 0 Å². The van der Waals surface area contributed by atoms with Gasteiger partial charge in [-0.05, 0) is 12.2 Å². The second-order valence-corrected chi connectivity index (χ2v) is 1.91. The first kappa shape index (κ1) is 5.22. The van der Waals surface area contributed by atoms with Gasteiger partial charge in [-0.25, -0.2) is 0 Å². The summed E-state index contributed by atoms with van der Waals surface area (Å²) in [7, 11) is 0. The van der Waals surface area contributed by atoms with Gasteiger partial charge in [0.25, 0.3) is 0 Å². The normalized spacial score (nSPS) is 14.0. The van der Waals surface area contributed by atoms with Crippen LogP contribution in [-0.2, 0) is 0 Å². The van der Waals surface area contributed by atoms with E-state index in [1.165, 1.54) is 0 Å². The third-order valence-corrected chi connectivity index (χ3v) is 1.24. The molecule has 1 aliphatic heterocycles. The van der Waals surface area contributed by atoms with Crippen LogP contribution in [0.2, 0.25) is 0 Å². The van der Waals surface area contributed by atoms with E-state index < -0.39 is 0 Å². The van der Waals surface area contributed by atoms with Crippen LogP contribution in [0.3, 0.4) is 0 Å². The summed E-state index contributed by atoms with van der Waals surface area (Å²) in [5, 5.41) is 10.5. The molecule has 0 fully saturated rings. The van der Waals surface area contributed by atoms with Crippen molar-refractivity contribution in [1.29, 1.82) is 0 Å². The van der Waals surface area contributed by atoms with E-state index >= 15 is 0 Å². The maximum Gasteiger partial charge on any atom is 0.232 e. The summed E-state index contributed by atoms with van der Waals surface area (Å²) in [5.74, 6) is 0.741. The van der Waals surface area contributed by atoms with Crippen LogP contribution in [0.15, 0.2) is 24.7 Å². The van der Waals surface area contributed by atoms with Gasteiger partial charge in [0.2, 0.25) is 5.95 Å². The molecule has 0 bridgehead atoms. The molecule has 1 N–H and O–H groups in total. The number of nitrogens with one attached hydrogen (secondary N) is 1. The highest BCUT2D eigenvalue weighted by Crippen LogP contribution is 2.04. The predicted molar refractivity (Wildman–Crippen MR) is 38.1 cm³/mol. The maximum absolute atomic E-state index is 3.82. The molecular weight excluding hydrogens is 128 g/mol. The Morgan fingerprint density at radius 1 is 1.40 bits per heavy atom. The molecule has 4 nitrogen and oxygen atoms in total. The van der Waals surface area contributed by atoms with Gasteiger partial charge in [-0.15, -0.1) is 10.2 Å². The average Bonchev–Trinajstić information content (AvgIpc) is 2.28. The van der Waals surface area contributed by atoms with E-state index in [2.05, 4.69) is 15.5 Å². The Labute approximate surface area is 57.9 Å². The zero-order chi connectivity index (χ0) is 6.81. The van der Waals surface area contributed by atoms with E-state index in [0.717, 1.165) is 5.95 Å². The number of nitrogens with zero attached hydrogens (tertiary/aromatic N) is 3. The molecule has 0 radical (unpaired) electrons. The summed E-state index contributed by atoms with van der Waals surface area (Å²) in [6, 6.07) is 0. The van der Waals surface area contributed by atoms with Crippen LogP contribution in [0.1, 0.15) is 0 Å². The van der Waals surface area contributed by atoms with Crippen molar-refractivity contribution in [2.45, 2.75) is 0 Å². The molecule has 0 aromatic carbocycles. The highest BCUT2D eigenvalue weighted by atomic mass is 15.3. The van der Waals surface area contributed by atoms with Crippen molar-refractivity contribution in [1.82, 2.24) is 14.8 Å². The number of hydrogen-bond acceptors (Lipinski definition) is 3. The Kier molecular flexibility index (Phi) is 1.04. The molecule has 0 saturated heterocycles. The zero-order valence-corrected chi connectivity index (χ0v) is 5.23. The molecule has 0 saturated carbocycles. The lowest BCUT2D eigenvalue weighted by molar-refractivity contribution is 1.09. The van der Waals surface area contributed by atoms with E-state index in [4.69, 9.17) is 0 Å². The Balaban J connectivity index is 2.50. The first-order valence-electron chi connectivity index (χ1n) is 2.96. The third kappa shape index (κ3) is 0.699. The molecule has 0 aliphatic carbocycles. The van der Waals surface area contributed by atoms with Crippen molar-refractivity contribution in [3.05, 3.63) is 24.7 Å². The van der Waals surface area contributed by atoms with Gasteiger partial charge in [-0.2, -0.15) is 0 Å². The molecule has 10 heavy (non-hydrogen) atoms. The van der Waals surface area contributed by atoms with Crippen LogP contribution in [0.4, 0.5) is 5.95 Å². The van der Waals surface area contributed by atoms with E-state index in [9.17, 15) is 0 Å². The second kappa shape index (κ2) is 1.98. The number of hydrogen-bond donors (Lipinski definition) is 1. The smallest absolute Gasteiger partial charge is 0.232 e. The molecule has 1 aliphatic rings. The minimum Gasteiger partial charge on any atom is -0.331 e. The number of anilines is 1.